The fourth-order valence-corrected chi connectivity index (χ4v) is 3.90. The van der Waals surface area contributed by atoms with Gasteiger partial charge in [-0.05, 0) is 36.8 Å². The Balaban J connectivity index is 1.30. The van der Waals surface area contributed by atoms with Crippen molar-refractivity contribution in [1.82, 2.24) is 25.9 Å². The zero-order valence-corrected chi connectivity index (χ0v) is 17.6. The van der Waals surface area contributed by atoms with Gasteiger partial charge in [-0.1, -0.05) is 35.5 Å². The van der Waals surface area contributed by atoms with Crippen molar-refractivity contribution in [1.29, 1.82) is 0 Å². The molecule has 0 radical (unpaired) electrons. The second kappa shape index (κ2) is 8.68. The van der Waals surface area contributed by atoms with Gasteiger partial charge in [0.05, 0.1) is 0 Å². The maximum atomic E-state index is 12.8. The molecule has 3 aromatic rings. The van der Waals surface area contributed by atoms with Gasteiger partial charge in [-0.25, -0.2) is 4.79 Å². The van der Waals surface area contributed by atoms with E-state index in [0.717, 1.165) is 16.1 Å². The van der Waals surface area contributed by atoms with E-state index in [9.17, 15) is 14.4 Å². The molecule has 1 atom stereocenters. The number of nitrogens with one attached hydrogen (secondary N) is 2. The van der Waals surface area contributed by atoms with Crippen molar-refractivity contribution in [3.63, 3.8) is 0 Å². The van der Waals surface area contributed by atoms with Gasteiger partial charge in [-0.3, -0.25) is 15.0 Å². The van der Waals surface area contributed by atoms with Gasteiger partial charge in [0.2, 0.25) is 17.6 Å². The Hall–Kier alpha value is -3.53. The van der Waals surface area contributed by atoms with E-state index >= 15 is 0 Å². The summed E-state index contributed by atoms with van der Waals surface area (Å²) in [4.78, 5) is 41.7. The normalized spacial score (nSPS) is 18.3. The second-order valence-corrected chi connectivity index (χ2v) is 8.23. The van der Waals surface area contributed by atoms with Gasteiger partial charge in [0, 0.05) is 23.8 Å². The van der Waals surface area contributed by atoms with Crippen LogP contribution in [0.1, 0.15) is 31.2 Å². The number of amides is 4. The summed E-state index contributed by atoms with van der Waals surface area (Å²) in [6, 6.07) is 10.9. The number of thiophene rings is 1. The summed E-state index contributed by atoms with van der Waals surface area (Å²) in [6.07, 6.45) is 1.22. The molecule has 0 spiro atoms. The average Bonchev–Trinajstić information content (AvgIpc) is 3.50. The number of benzene rings is 1. The molecular formula is C21H21N5O4S. The predicted molar refractivity (Wildman–Crippen MR) is 113 cm³/mol. The fourth-order valence-electron chi connectivity index (χ4n) is 3.26. The molecule has 10 heteroatoms. The SMILES string of the molecule is C[C@@]1(CCc2ccccc2)NC(=O)N(NC(=O)CCc2nc(-c3ccsc3)no2)C1=O. The Labute approximate surface area is 182 Å². The first-order chi connectivity index (χ1) is 14.9. The monoisotopic (exact) mass is 439 g/mol. The van der Waals surface area contributed by atoms with E-state index in [-0.39, 0.29) is 12.8 Å². The second-order valence-electron chi connectivity index (χ2n) is 7.45. The average molecular weight is 439 g/mol. The van der Waals surface area contributed by atoms with Crippen molar-refractivity contribution in [2.24, 2.45) is 0 Å². The highest BCUT2D eigenvalue weighted by atomic mass is 32.1. The van der Waals surface area contributed by atoms with Crippen molar-refractivity contribution in [2.75, 3.05) is 0 Å². The maximum Gasteiger partial charge on any atom is 0.344 e. The maximum absolute atomic E-state index is 12.8. The molecule has 2 N–H and O–H groups in total. The van der Waals surface area contributed by atoms with Gasteiger partial charge in [0.1, 0.15) is 5.54 Å². The van der Waals surface area contributed by atoms with E-state index in [1.54, 1.807) is 6.92 Å². The summed E-state index contributed by atoms with van der Waals surface area (Å²) in [5.74, 6) is -0.216. The largest absolute Gasteiger partial charge is 0.344 e. The lowest BCUT2D eigenvalue weighted by Gasteiger charge is -2.21. The number of aromatic nitrogens is 2. The number of carbonyl (C=O) groups excluding carboxylic acids is 3. The van der Waals surface area contributed by atoms with Crippen LogP contribution in [0.4, 0.5) is 4.79 Å². The van der Waals surface area contributed by atoms with Crippen LogP contribution in [-0.2, 0) is 22.4 Å². The molecule has 31 heavy (non-hydrogen) atoms. The van der Waals surface area contributed by atoms with E-state index in [0.29, 0.717) is 24.6 Å². The van der Waals surface area contributed by atoms with E-state index in [4.69, 9.17) is 4.52 Å². The van der Waals surface area contributed by atoms with Crippen molar-refractivity contribution in [3.8, 4) is 11.4 Å². The van der Waals surface area contributed by atoms with Crippen molar-refractivity contribution in [2.45, 2.75) is 38.1 Å². The zero-order valence-electron chi connectivity index (χ0n) is 16.8. The van der Waals surface area contributed by atoms with Crippen LogP contribution in [0.5, 0.6) is 0 Å². The number of aryl methyl sites for hydroxylation is 2. The topological polar surface area (TPSA) is 117 Å². The summed E-state index contributed by atoms with van der Waals surface area (Å²) in [5.41, 5.74) is 3.21. The Kier molecular flexibility index (Phi) is 5.81. The van der Waals surface area contributed by atoms with E-state index in [2.05, 4.69) is 20.9 Å². The van der Waals surface area contributed by atoms with Gasteiger partial charge in [0.15, 0.2) is 0 Å². The molecule has 4 amide bonds. The quantitative estimate of drug-likeness (QED) is 0.521. The number of hydrogen-bond acceptors (Lipinski definition) is 7. The molecule has 0 bridgehead atoms. The van der Waals surface area contributed by atoms with Gasteiger partial charge >= 0.3 is 6.03 Å². The molecule has 1 saturated heterocycles. The molecule has 3 heterocycles. The van der Waals surface area contributed by atoms with Crippen LogP contribution in [0.2, 0.25) is 0 Å². The Morgan fingerprint density at radius 1 is 1.23 bits per heavy atom. The van der Waals surface area contributed by atoms with Crippen molar-refractivity contribution >= 4 is 29.2 Å². The summed E-state index contributed by atoms with van der Waals surface area (Å²) in [7, 11) is 0. The molecule has 0 unspecified atom stereocenters. The Bertz CT molecular complexity index is 1080. The first-order valence-corrected chi connectivity index (χ1v) is 10.7. The first kappa shape index (κ1) is 20.7. The number of urea groups is 1. The minimum atomic E-state index is -1.08. The van der Waals surface area contributed by atoms with Gasteiger partial charge < -0.3 is 9.84 Å². The predicted octanol–water partition coefficient (Wildman–Crippen LogP) is 2.71. The third-order valence-corrected chi connectivity index (χ3v) is 5.75. The van der Waals surface area contributed by atoms with Crippen LogP contribution < -0.4 is 10.7 Å². The highest BCUT2D eigenvalue weighted by Crippen LogP contribution is 2.22. The summed E-state index contributed by atoms with van der Waals surface area (Å²) >= 11 is 1.52. The molecule has 1 aliphatic heterocycles. The smallest absolute Gasteiger partial charge is 0.339 e. The third-order valence-electron chi connectivity index (χ3n) is 5.07. The van der Waals surface area contributed by atoms with E-state index < -0.39 is 23.4 Å². The van der Waals surface area contributed by atoms with Crippen LogP contribution in [0.25, 0.3) is 11.4 Å². The van der Waals surface area contributed by atoms with Gasteiger partial charge in [0.25, 0.3) is 5.91 Å². The minimum Gasteiger partial charge on any atom is -0.339 e. The lowest BCUT2D eigenvalue weighted by atomic mass is 9.93. The minimum absolute atomic E-state index is 0.0109. The number of hydrogen-bond donors (Lipinski definition) is 2. The molecule has 2 aromatic heterocycles. The molecule has 160 valence electrons. The highest BCUT2D eigenvalue weighted by Gasteiger charge is 2.48. The van der Waals surface area contributed by atoms with Crippen LogP contribution in [-0.4, -0.2) is 38.5 Å². The van der Waals surface area contributed by atoms with Crippen LogP contribution in [0, 0.1) is 0 Å². The summed E-state index contributed by atoms with van der Waals surface area (Å²) < 4.78 is 5.16. The molecule has 1 aliphatic rings. The number of carbonyl (C=O) groups is 3. The van der Waals surface area contributed by atoms with Crippen molar-refractivity contribution in [3.05, 3.63) is 58.6 Å². The number of imide groups is 1. The Morgan fingerprint density at radius 3 is 2.77 bits per heavy atom. The molecule has 1 aromatic carbocycles. The van der Waals surface area contributed by atoms with E-state index in [1.165, 1.54) is 11.3 Å². The molecular weight excluding hydrogens is 418 g/mol. The van der Waals surface area contributed by atoms with Crippen LogP contribution >= 0.6 is 11.3 Å². The molecule has 0 saturated carbocycles. The lowest BCUT2D eigenvalue weighted by Crippen LogP contribution is -2.49. The Morgan fingerprint density at radius 2 is 2.03 bits per heavy atom. The van der Waals surface area contributed by atoms with Gasteiger partial charge in [-0.2, -0.15) is 21.3 Å². The fraction of sp³-hybridized carbons (Fsp3) is 0.286. The molecule has 0 aliphatic carbocycles. The highest BCUT2D eigenvalue weighted by molar-refractivity contribution is 7.08. The first-order valence-electron chi connectivity index (χ1n) is 9.80. The van der Waals surface area contributed by atoms with Gasteiger partial charge in [-0.15, -0.1) is 0 Å². The van der Waals surface area contributed by atoms with Crippen LogP contribution in [0.15, 0.2) is 51.7 Å². The third kappa shape index (κ3) is 4.64. The molecule has 1 fully saturated rings. The van der Waals surface area contributed by atoms with Crippen LogP contribution in [0.3, 0.4) is 0 Å². The molecule has 4 rings (SSSR count). The summed E-state index contributed by atoms with van der Waals surface area (Å²) in [5, 5.41) is 11.1. The number of nitrogens with zero attached hydrogens (tertiary/aromatic N) is 3. The lowest BCUT2D eigenvalue weighted by molar-refractivity contribution is -0.138. The molecule has 9 nitrogen and oxygen atoms in total. The number of hydrazine groups is 1. The summed E-state index contributed by atoms with van der Waals surface area (Å²) in [6.45, 7) is 1.66. The standard InChI is InChI=1S/C21H21N5O4S/c1-21(11-9-14-5-3-2-4-6-14)19(28)26(20(29)23-21)24-16(27)7-8-17-22-18(25-30-17)15-10-12-31-13-15/h2-6,10,12-13H,7-9,11H2,1H3,(H,23,29)(H,24,27)/t21-/m0/s1. The number of rotatable bonds is 8. The zero-order chi connectivity index (χ0) is 21.8. The van der Waals surface area contributed by atoms with E-state index in [1.807, 2.05) is 47.2 Å². The van der Waals surface area contributed by atoms with Crippen molar-refractivity contribution < 1.29 is 18.9 Å².